The number of anilines is 2. The van der Waals surface area contributed by atoms with Crippen LogP contribution >= 0.6 is 0 Å². The highest BCUT2D eigenvalue weighted by atomic mass is 16.4. The molecule has 2 N–H and O–H groups in total. The molecule has 152 valence electrons. The molecule has 1 fully saturated rings. The molecule has 3 aromatic rings. The van der Waals surface area contributed by atoms with Crippen LogP contribution in [0.25, 0.3) is 11.4 Å². The van der Waals surface area contributed by atoms with Gasteiger partial charge in [0.15, 0.2) is 5.82 Å². The van der Waals surface area contributed by atoms with E-state index in [1.165, 1.54) is 5.56 Å². The van der Waals surface area contributed by atoms with Crippen molar-refractivity contribution in [1.82, 2.24) is 15.0 Å². The third-order valence-electron chi connectivity index (χ3n) is 6.42. The molecule has 6 nitrogen and oxygen atoms in total. The van der Waals surface area contributed by atoms with Gasteiger partial charge in [-0.1, -0.05) is 18.6 Å². The summed E-state index contributed by atoms with van der Waals surface area (Å²) < 4.78 is 0. The number of aromatic nitrogens is 3. The molecule has 1 aromatic carbocycles. The summed E-state index contributed by atoms with van der Waals surface area (Å²) in [4.78, 5) is 25.7. The van der Waals surface area contributed by atoms with E-state index in [2.05, 4.69) is 10.3 Å². The fourth-order valence-corrected chi connectivity index (χ4v) is 4.43. The van der Waals surface area contributed by atoms with Gasteiger partial charge in [-0.3, -0.25) is 9.78 Å². The Morgan fingerprint density at radius 3 is 2.47 bits per heavy atom. The number of aryl methyl sites for hydroxylation is 2. The number of rotatable bonds is 5. The van der Waals surface area contributed by atoms with E-state index in [1.807, 2.05) is 49.5 Å². The predicted molar refractivity (Wildman–Crippen MR) is 115 cm³/mol. The molecule has 0 bridgehead atoms. The summed E-state index contributed by atoms with van der Waals surface area (Å²) in [7, 11) is 0. The normalized spacial score (nSPS) is 16.6. The van der Waals surface area contributed by atoms with E-state index in [4.69, 9.17) is 9.97 Å². The lowest BCUT2D eigenvalue weighted by Crippen LogP contribution is -2.42. The van der Waals surface area contributed by atoms with Crippen LogP contribution in [0, 0.1) is 6.92 Å². The lowest BCUT2D eigenvalue weighted by atomic mass is 9.64. The van der Waals surface area contributed by atoms with Crippen LogP contribution in [0.3, 0.4) is 0 Å². The van der Waals surface area contributed by atoms with Crippen LogP contribution in [-0.2, 0) is 23.1 Å². The van der Waals surface area contributed by atoms with Gasteiger partial charge in [-0.05, 0) is 68.9 Å². The molecule has 2 heterocycles. The molecule has 1 saturated carbocycles. The standard InChI is InChI=1S/C24H24N4O2/c1-15-6-7-16(14-25-15)21-27-20-5-2-4-19(20)22(28-21)26-18-10-8-17(9-11-18)24(23(29)30)12-3-13-24/h6-11,14H,2-5,12-13H2,1H3,(H,29,30)(H,26,27,28). The third-order valence-corrected chi connectivity index (χ3v) is 6.42. The summed E-state index contributed by atoms with van der Waals surface area (Å²) in [6, 6.07) is 11.7. The molecular weight excluding hydrogens is 376 g/mol. The van der Waals surface area contributed by atoms with Crippen molar-refractivity contribution in [3.05, 3.63) is 65.1 Å². The highest BCUT2D eigenvalue weighted by Gasteiger charge is 2.45. The van der Waals surface area contributed by atoms with Crippen LogP contribution in [0.5, 0.6) is 0 Å². The Labute approximate surface area is 175 Å². The van der Waals surface area contributed by atoms with Crippen molar-refractivity contribution in [3.63, 3.8) is 0 Å². The molecule has 0 spiro atoms. The Balaban J connectivity index is 1.46. The Morgan fingerprint density at radius 1 is 1.03 bits per heavy atom. The number of nitrogens with zero attached hydrogens (tertiary/aromatic N) is 3. The fourth-order valence-electron chi connectivity index (χ4n) is 4.43. The van der Waals surface area contributed by atoms with Crippen molar-refractivity contribution in [2.75, 3.05) is 5.32 Å². The van der Waals surface area contributed by atoms with Crippen molar-refractivity contribution >= 4 is 17.5 Å². The van der Waals surface area contributed by atoms with Crippen LogP contribution in [0.4, 0.5) is 11.5 Å². The number of carbonyl (C=O) groups is 1. The molecule has 0 amide bonds. The van der Waals surface area contributed by atoms with Gasteiger partial charge in [0.25, 0.3) is 0 Å². The molecule has 0 saturated heterocycles. The highest BCUT2D eigenvalue weighted by Crippen LogP contribution is 2.44. The van der Waals surface area contributed by atoms with E-state index in [9.17, 15) is 9.90 Å². The first-order valence-electron chi connectivity index (χ1n) is 10.5. The molecule has 2 aromatic heterocycles. The molecule has 2 aliphatic rings. The lowest BCUT2D eigenvalue weighted by molar-refractivity contribution is -0.147. The number of benzene rings is 1. The third kappa shape index (κ3) is 3.12. The number of hydrogen-bond donors (Lipinski definition) is 2. The van der Waals surface area contributed by atoms with E-state index in [1.54, 1.807) is 0 Å². The lowest BCUT2D eigenvalue weighted by Gasteiger charge is -2.38. The first-order chi connectivity index (χ1) is 14.5. The van der Waals surface area contributed by atoms with Crippen molar-refractivity contribution in [3.8, 4) is 11.4 Å². The number of nitrogens with one attached hydrogen (secondary N) is 1. The maximum Gasteiger partial charge on any atom is 0.314 e. The van der Waals surface area contributed by atoms with Gasteiger partial charge < -0.3 is 10.4 Å². The zero-order valence-corrected chi connectivity index (χ0v) is 17.0. The topological polar surface area (TPSA) is 88.0 Å². The summed E-state index contributed by atoms with van der Waals surface area (Å²) in [5.74, 6) is 0.790. The summed E-state index contributed by atoms with van der Waals surface area (Å²) in [5.41, 5.74) is 5.21. The van der Waals surface area contributed by atoms with Crippen LogP contribution in [-0.4, -0.2) is 26.0 Å². The predicted octanol–water partition coefficient (Wildman–Crippen LogP) is 4.59. The molecule has 0 unspecified atom stereocenters. The van der Waals surface area contributed by atoms with Gasteiger partial charge in [0.1, 0.15) is 5.82 Å². The van der Waals surface area contributed by atoms with E-state index >= 15 is 0 Å². The molecule has 6 heteroatoms. The highest BCUT2D eigenvalue weighted by molar-refractivity contribution is 5.83. The monoisotopic (exact) mass is 400 g/mol. The summed E-state index contributed by atoms with van der Waals surface area (Å²) in [6.45, 7) is 1.96. The van der Waals surface area contributed by atoms with Crippen LogP contribution in [0.15, 0.2) is 42.6 Å². The van der Waals surface area contributed by atoms with Crippen molar-refractivity contribution < 1.29 is 9.90 Å². The SMILES string of the molecule is Cc1ccc(-c2nc3c(c(Nc4ccc(C5(C(=O)O)CCC5)cc4)n2)CCC3)cn1. The molecule has 0 aliphatic heterocycles. The Morgan fingerprint density at radius 2 is 1.83 bits per heavy atom. The average molecular weight is 400 g/mol. The molecule has 0 radical (unpaired) electrons. The van der Waals surface area contributed by atoms with Crippen molar-refractivity contribution in [2.24, 2.45) is 0 Å². The molecule has 30 heavy (non-hydrogen) atoms. The van der Waals surface area contributed by atoms with Gasteiger partial charge in [-0.2, -0.15) is 0 Å². The van der Waals surface area contributed by atoms with Gasteiger partial charge in [0.2, 0.25) is 0 Å². The van der Waals surface area contributed by atoms with E-state index < -0.39 is 11.4 Å². The largest absolute Gasteiger partial charge is 0.481 e. The zero-order chi connectivity index (χ0) is 20.7. The van der Waals surface area contributed by atoms with Gasteiger partial charge in [0, 0.05) is 34.4 Å². The van der Waals surface area contributed by atoms with Crippen LogP contribution in [0.2, 0.25) is 0 Å². The Hall–Kier alpha value is -3.28. The number of carboxylic acids is 1. The van der Waals surface area contributed by atoms with Crippen molar-refractivity contribution in [2.45, 2.75) is 50.9 Å². The quantitative estimate of drug-likeness (QED) is 0.651. The molecule has 0 atom stereocenters. The maximum atomic E-state index is 11.8. The minimum atomic E-state index is -0.723. The van der Waals surface area contributed by atoms with E-state index in [0.717, 1.165) is 59.7 Å². The second-order valence-electron chi connectivity index (χ2n) is 8.31. The molecule has 2 aliphatic carbocycles. The summed E-state index contributed by atoms with van der Waals surface area (Å²) >= 11 is 0. The average Bonchev–Trinajstić information content (AvgIpc) is 3.18. The number of hydrogen-bond acceptors (Lipinski definition) is 5. The summed E-state index contributed by atoms with van der Waals surface area (Å²) in [5, 5.41) is 13.1. The van der Waals surface area contributed by atoms with Gasteiger partial charge in [-0.25, -0.2) is 9.97 Å². The smallest absolute Gasteiger partial charge is 0.314 e. The zero-order valence-electron chi connectivity index (χ0n) is 17.0. The van der Waals surface area contributed by atoms with Gasteiger partial charge in [0.05, 0.1) is 5.41 Å². The molecule has 5 rings (SSSR count). The maximum absolute atomic E-state index is 11.8. The van der Waals surface area contributed by atoms with E-state index in [0.29, 0.717) is 18.7 Å². The Kier molecular flexibility index (Phi) is 4.50. The number of fused-ring (bicyclic) bond motifs is 1. The fraction of sp³-hybridized carbons (Fsp3) is 0.333. The number of aliphatic carboxylic acids is 1. The number of carboxylic acid groups (broad SMARTS) is 1. The van der Waals surface area contributed by atoms with Gasteiger partial charge in [-0.15, -0.1) is 0 Å². The number of pyridine rings is 1. The van der Waals surface area contributed by atoms with Crippen LogP contribution < -0.4 is 5.32 Å². The van der Waals surface area contributed by atoms with Crippen molar-refractivity contribution in [1.29, 1.82) is 0 Å². The second-order valence-corrected chi connectivity index (χ2v) is 8.31. The minimum Gasteiger partial charge on any atom is -0.481 e. The van der Waals surface area contributed by atoms with Crippen LogP contribution in [0.1, 0.15) is 48.2 Å². The first kappa shape index (κ1) is 18.7. The summed E-state index contributed by atoms with van der Waals surface area (Å²) in [6.07, 6.45) is 7.20. The molecular formula is C24H24N4O2. The van der Waals surface area contributed by atoms with E-state index in [-0.39, 0.29) is 0 Å². The minimum absolute atomic E-state index is 0.682. The first-order valence-corrected chi connectivity index (χ1v) is 10.5. The Bertz CT molecular complexity index is 1100. The second kappa shape index (κ2) is 7.20. The van der Waals surface area contributed by atoms with Gasteiger partial charge >= 0.3 is 5.97 Å².